The first kappa shape index (κ1) is 17.2. The number of carboxylic acid groups (broad SMARTS) is 1. The van der Waals surface area contributed by atoms with Crippen molar-refractivity contribution in [1.82, 2.24) is 15.5 Å². The molecule has 0 aliphatic carbocycles. The Balaban J connectivity index is 4.48. The molecule has 7 nitrogen and oxygen atoms in total. The minimum atomic E-state index is -1.07. The first-order valence-electron chi connectivity index (χ1n) is 6.51. The molecule has 3 amide bonds. The fourth-order valence-corrected chi connectivity index (χ4v) is 1.54. The third-order valence-corrected chi connectivity index (χ3v) is 2.55. The molecule has 3 N–H and O–H groups in total. The second-order valence-corrected chi connectivity index (χ2v) is 4.10. The molecule has 7 heteroatoms. The summed E-state index contributed by atoms with van der Waals surface area (Å²) in [5, 5.41) is 14.0. The van der Waals surface area contributed by atoms with Crippen LogP contribution in [0.4, 0.5) is 4.79 Å². The number of carbonyl (C=O) groups excluding carboxylic acids is 2. The smallest absolute Gasteiger partial charge is 0.326 e. The van der Waals surface area contributed by atoms with Gasteiger partial charge >= 0.3 is 12.0 Å². The number of carboxylic acids is 1. The highest BCUT2D eigenvalue weighted by atomic mass is 16.4. The minimum Gasteiger partial charge on any atom is -0.480 e. The second kappa shape index (κ2) is 9.18. The van der Waals surface area contributed by atoms with Crippen molar-refractivity contribution in [3.8, 4) is 0 Å². The monoisotopic (exact) mass is 273 g/mol. The van der Waals surface area contributed by atoms with E-state index in [4.69, 9.17) is 5.11 Å². The maximum absolute atomic E-state index is 11.9. The fraction of sp³-hybridized carbons (Fsp3) is 0.750. The van der Waals surface area contributed by atoms with Gasteiger partial charge in [-0.2, -0.15) is 0 Å². The van der Waals surface area contributed by atoms with Crippen LogP contribution in [0.5, 0.6) is 0 Å². The first-order valence-corrected chi connectivity index (χ1v) is 6.51. The highest BCUT2D eigenvalue weighted by Gasteiger charge is 2.22. The molecule has 0 saturated heterocycles. The molecule has 0 heterocycles. The molecule has 0 aromatic rings. The van der Waals surface area contributed by atoms with Gasteiger partial charge in [-0.3, -0.25) is 4.79 Å². The van der Waals surface area contributed by atoms with Crippen LogP contribution in [0.1, 0.15) is 33.6 Å². The van der Waals surface area contributed by atoms with Crippen molar-refractivity contribution in [2.75, 3.05) is 19.6 Å². The van der Waals surface area contributed by atoms with Crippen LogP contribution in [0.15, 0.2) is 0 Å². The lowest BCUT2D eigenvalue weighted by Gasteiger charge is -2.23. The van der Waals surface area contributed by atoms with Crippen molar-refractivity contribution in [3.05, 3.63) is 0 Å². The number of amides is 3. The summed E-state index contributed by atoms with van der Waals surface area (Å²) in [6.07, 6.45) is 1.01. The van der Waals surface area contributed by atoms with E-state index >= 15 is 0 Å². The van der Waals surface area contributed by atoms with Crippen LogP contribution >= 0.6 is 0 Å². The van der Waals surface area contributed by atoms with Crippen LogP contribution in [-0.4, -0.2) is 53.6 Å². The van der Waals surface area contributed by atoms with Crippen molar-refractivity contribution >= 4 is 17.9 Å². The van der Waals surface area contributed by atoms with Gasteiger partial charge in [-0.1, -0.05) is 13.3 Å². The molecule has 0 aromatic heterocycles. The summed E-state index contributed by atoms with van der Waals surface area (Å²) in [5.74, 6) is -1.33. The summed E-state index contributed by atoms with van der Waals surface area (Å²) < 4.78 is 0. The van der Waals surface area contributed by atoms with E-state index < -0.39 is 18.0 Å². The van der Waals surface area contributed by atoms with Gasteiger partial charge in [0, 0.05) is 13.1 Å². The SMILES string of the molecule is CCC[C@@H](NC(=O)N(CC)CC(=O)NCC)C(=O)O. The standard InChI is InChI=1S/C12H23N3O4/c1-4-7-9(11(17)18)14-12(19)15(6-3)8-10(16)13-5-2/h9H,4-8H2,1-3H3,(H,13,16)(H,14,19)(H,17,18)/t9-/m1/s1. The number of hydrogen-bond donors (Lipinski definition) is 3. The lowest BCUT2D eigenvalue weighted by molar-refractivity contribution is -0.139. The Kier molecular flexibility index (Phi) is 8.32. The van der Waals surface area contributed by atoms with Gasteiger partial charge in [-0.25, -0.2) is 9.59 Å². The number of nitrogens with zero attached hydrogens (tertiary/aromatic N) is 1. The number of rotatable bonds is 8. The number of likely N-dealkylation sites (N-methyl/N-ethyl adjacent to an activating group) is 2. The summed E-state index contributed by atoms with van der Waals surface area (Å²) in [6.45, 7) is 6.11. The lowest BCUT2D eigenvalue weighted by atomic mass is 10.2. The molecular formula is C12H23N3O4. The molecule has 0 rings (SSSR count). The molecule has 1 atom stereocenters. The first-order chi connectivity index (χ1) is 8.96. The minimum absolute atomic E-state index is 0.0748. The summed E-state index contributed by atoms with van der Waals surface area (Å²) in [6, 6.07) is -1.45. The van der Waals surface area contributed by atoms with Gasteiger partial charge in [0.1, 0.15) is 12.6 Å². The summed E-state index contributed by atoms with van der Waals surface area (Å²) >= 11 is 0. The summed E-state index contributed by atoms with van der Waals surface area (Å²) in [7, 11) is 0. The van der Waals surface area contributed by atoms with E-state index in [1.165, 1.54) is 4.90 Å². The number of hydrogen-bond acceptors (Lipinski definition) is 3. The molecular weight excluding hydrogens is 250 g/mol. The average Bonchev–Trinajstić information content (AvgIpc) is 2.35. The quantitative estimate of drug-likeness (QED) is 0.596. The zero-order valence-electron chi connectivity index (χ0n) is 11.7. The van der Waals surface area contributed by atoms with E-state index in [-0.39, 0.29) is 12.5 Å². The topological polar surface area (TPSA) is 98.7 Å². The molecule has 110 valence electrons. The van der Waals surface area contributed by atoms with Crippen LogP contribution in [0, 0.1) is 0 Å². The maximum atomic E-state index is 11.9. The molecule has 0 unspecified atom stereocenters. The zero-order valence-corrected chi connectivity index (χ0v) is 11.7. The summed E-state index contributed by atoms with van der Waals surface area (Å²) in [4.78, 5) is 35.5. The normalized spacial score (nSPS) is 11.5. The molecule has 0 spiro atoms. The number of urea groups is 1. The van der Waals surface area contributed by atoms with Gasteiger partial charge in [-0.05, 0) is 20.3 Å². The van der Waals surface area contributed by atoms with Crippen LogP contribution < -0.4 is 10.6 Å². The van der Waals surface area contributed by atoms with E-state index in [1.54, 1.807) is 13.8 Å². The van der Waals surface area contributed by atoms with Gasteiger partial charge in [0.2, 0.25) is 5.91 Å². The predicted molar refractivity (Wildman–Crippen MR) is 70.8 cm³/mol. The van der Waals surface area contributed by atoms with E-state index in [0.29, 0.717) is 25.9 Å². The Morgan fingerprint density at radius 1 is 1.21 bits per heavy atom. The van der Waals surface area contributed by atoms with E-state index in [0.717, 1.165) is 0 Å². The van der Waals surface area contributed by atoms with Gasteiger partial charge in [-0.15, -0.1) is 0 Å². The predicted octanol–water partition coefficient (Wildman–Crippen LogP) is 0.407. The fourth-order valence-electron chi connectivity index (χ4n) is 1.54. The number of nitrogens with one attached hydrogen (secondary N) is 2. The molecule has 0 aliphatic rings. The van der Waals surface area contributed by atoms with Crippen molar-refractivity contribution in [1.29, 1.82) is 0 Å². The molecule has 0 aromatic carbocycles. The third-order valence-electron chi connectivity index (χ3n) is 2.55. The Morgan fingerprint density at radius 2 is 1.84 bits per heavy atom. The van der Waals surface area contributed by atoms with Gasteiger partial charge < -0.3 is 20.6 Å². The van der Waals surface area contributed by atoms with E-state index in [1.807, 2.05) is 6.92 Å². The molecule has 0 radical (unpaired) electrons. The van der Waals surface area contributed by atoms with Gasteiger partial charge in [0.15, 0.2) is 0 Å². The Hall–Kier alpha value is -1.79. The van der Waals surface area contributed by atoms with Crippen molar-refractivity contribution in [3.63, 3.8) is 0 Å². The van der Waals surface area contributed by atoms with Crippen LogP contribution in [-0.2, 0) is 9.59 Å². The second-order valence-electron chi connectivity index (χ2n) is 4.10. The highest BCUT2D eigenvalue weighted by Crippen LogP contribution is 1.99. The van der Waals surface area contributed by atoms with Crippen molar-refractivity contribution < 1.29 is 19.5 Å². The zero-order chi connectivity index (χ0) is 14.8. The maximum Gasteiger partial charge on any atom is 0.326 e. The molecule has 0 bridgehead atoms. The molecule has 0 aliphatic heterocycles. The molecule has 19 heavy (non-hydrogen) atoms. The van der Waals surface area contributed by atoms with Crippen molar-refractivity contribution in [2.24, 2.45) is 0 Å². The van der Waals surface area contributed by atoms with Crippen molar-refractivity contribution in [2.45, 2.75) is 39.7 Å². The van der Waals surface area contributed by atoms with Crippen LogP contribution in [0.3, 0.4) is 0 Å². The van der Waals surface area contributed by atoms with E-state index in [2.05, 4.69) is 10.6 Å². The van der Waals surface area contributed by atoms with E-state index in [9.17, 15) is 14.4 Å². The Bertz CT molecular complexity index is 320. The van der Waals surface area contributed by atoms with Crippen LogP contribution in [0.25, 0.3) is 0 Å². The van der Waals surface area contributed by atoms with Gasteiger partial charge in [0.05, 0.1) is 0 Å². The largest absolute Gasteiger partial charge is 0.480 e. The lowest BCUT2D eigenvalue weighted by Crippen LogP contribution is -2.50. The summed E-state index contributed by atoms with van der Waals surface area (Å²) in [5.41, 5.74) is 0. The highest BCUT2D eigenvalue weighted by molar-refractivity contribution is 5.86. The van der Waals surface area contributed by atoms with Gasteiger partial charge in [0.25, 0.3) is 0 Å². The average molecular weight is 273 g/mol. The Labute approximate surface area is 113 Å². The Morgan fingerprint density at radius 3 is 2.26 bits per heavy atom. The number of aliphatic carboxylic acids is 1. The third kappa shape index (κ3) is 6.64. The number of carbonyl (C=O) groups is 3. The molecule has 0 saturated carbocycles. The molecule has 0 fully saturated rings. The van der Waals surface area contributed by atoms with Crippen LogP contribution in [0.2, 0.25) is 0 Å².